The molecule has 2 aromatic heterocycles. The second kappa shape index (κ2) is 2.03. The van der Waals surface area contributed by atoms with Gasteiger partial charge in [0.1, 0.15) is 5.52 Å². The fourth-order valence-corrected chi connectivity index (χ4v) is 1.37. The van der Waals surface area contributed by atoms with Gasteiger partial charge in [0.15, 0.2) is 10.8 Å². The Morgan fingerprint density at radius 3 is 3.27 bits per heavy atom. The van der Waals surface area contributed by atoms with Crippen LogP contribution in [0.4, 0.5) is 5.13 Å². The van der Waals surface area contributed by atoms with Gasteiger partial charge in [-0.05, 0) is 0 Å². The van der Waals surface area contributed by atoms with Gasteiger partial charge in [-0.2, -0.15) is 4.98 Å². The Balaban J connectivity index is 3.02. The maximum Gasteiger partial charge on any atom is 0.263 e. The molecule has 3 N–H and O–H groups in total. The van der Waals surface area contributed by atoms with Crippen molar-refractivity contribution in [1.29, 1.82) is 0 Å². The van der Waals surface area contributed by atoms with Crippen LogP contribution in [0.1, 0.15) is 0 Å². The quantitative estimate of drug-likeness (QED) is 0.578. The van der Waals surface area contributed by atoms with Crippen molar-refractivity contribution in [2.24, 2.45) is 0 Å². The fourth-order valence-electron chi connectivity index (χ4n) is 0.795. The summed E-state index contributed by atoms with van der Waals surface area (Å²) in [5.74, 6) is 0. The monoisotopic (exact) mass is 168 g/mol. The van der Waals surface area contributed by atoms with Crippen molar-refractivity contribution in [2.45, 2.75) is 0 Å². The Labute approximate surface area is 64.9 Å². The first-order chi connectivity index (χ1) is 5.27. The van der Waals surface area contributed by atoms with Gasteiger partial charge in [-0.3, -0.25) is 4.79 Å². The smallest absolute Gasteiger partial charge is 0.263 e. The summed E-state index contributed by atoms with van der Waals surface area (Å²) in [6, 6.07) is 0. The van der Waals surface area contributed by atoms with E-state index in [2.05, 4.69) is 15.0 Å². The molecule has 0 saturated carbocycles. The lowest BCUT2D eigenvalue weighted by molar-refractivity contribution is 1.31. The van der Waals surface area contributed by atoms with Crippen LogP contribution in [0.5, 0.6) is 0 Å². The van der Waals surface area contributed by atoms with Crippen molar-refractivity contribution >= 4 is 27.6 Å². The van der Waals surface area contributed by atoms with Gasteiger partial charge in [0.25, 0.3) is 4.74 Å². The zero-order valence-electron chi connectivity index (χ0n) is 5.37. The largest absolute Gasteiger partial charge is 0.375 e. The summed E-state index contributed by atoms with van der Waals surface area (Å²) in [4.78, 5) is 21.4. The van der Waals surface area contributed by atoms with E-state index in [1.807, 2.05) is 0 Å². The van der Waals surface area contributed by atoms with Crippen LogP contribution in [-0.4, -0.2) is 15.0 Å². The van der Waals surface area contributed by atoms with Crippen LogP contribution in [0.25, 0.3) is 11.2 Å². The molecule has 2 aromatic rings. The molecule has 0 aliphatic heterocycles. The number of anilines is 1. The molecule has 0 fully saturated rings. The number of nitrogen functional groups attached to an aromatic ring is 1. The molecule has 0 aliphatic rings. The highest BCUT2D eigenvalue weighted by molar-refractivity contribution is 7.13. The predicted octanol–water partition coefficient (Wildman–Crippen LogP) is -0.0382. The number of aromatic nitrogens is 3. The number of nitrogens with two attached hydrogens (primary N) is 1. The Hall–Kier alpha value is -1.43. The molecule has 0 bridgehead atoms. The van der Waals surface area contributed by atoms with Crippen LogP contribution >= 0.6 is 11.3 Å². The van der Waals surface area contributed by atoms with Crippen molar-refractivity contribution < 1.29 is 0 Å². The summed E-state index contributed by atoms with van der Waals surface area (Å²) in [5, 5.41) is 0.245. The first-order valence-electron chi connectivity index (χ1n) is 2.87. The number of imidazole rings is 1. The van der Waals surface area contributed by atoms with Crippen LogP contribution in [-0.2, 0) is 0 Å². The van der Waals surface area contributed by atoms with Gasteiger partial charge >= 0.3 is 0 Å². The summed E-state index contributed by atoms with van der Waals surface area (Å²) < 4.78 is -0.134. The van der Waals surface area contributed by atoms with Crippen LogP contribution in [0.3, 0.4) is 0 Å². The number of rotatable bonds is 0. The van der Waals surface area contributed by atoms with Gasteiger partial charge < -0.3 is 10.7 Å². The highest BCUT2D eigenvalue weighted by atomic mass is 32.1. The second-order valence-corrected chi connectivity index (χ2v) is 2.93. The zero-order valence-corrected chi connectivity index (χ0v) is 6.18. The van der Waals surface area contributed by atoms with E-state index in [0.717, 1.165) is 11.3 Å². The molecule has 6 heteroatoms. The Morgan fingerprint density at radius 1 is 1.64 bits per heavy atom. The maximum atomic E-state index is 11.1. The number of hydrogen-bond acceptors (Lipinski definition) is 5. The van der Waals surface area contributed by atoms with E-state index < -0.39 is 0 Å². The van der Waals surface area contributed by atoms with Crippen molar-refractivity contribution in [3.63, 3.8) is 0 Å². The lowest BCUT2D eigenvalue weighted by Crippen LogP contribution is -1.99. The summed E-state index contributed by atoms with van der Waals surface area (Å²) >= 11 is 0.906. The molecule has 2 rings (SSSR count). The lowest BCUT2D eigenvalue weighted by atomic mass is 10.6. The Kier molecular flexibility index (Phi) is 1.16. The van der Waals surface area contributed by atoms with E-state index in [4.69, 9.17) is 5.73 Å². The number of aromatic amines is 1. The molecule has 0 spiro atoms. The van der Waals surface area contributed by atoms with E-state index in [-0.39, 0.29) is 9.87 Å². The molecule has 0 aromatic carbocycles. The first kappa shape index (κ1) is 6.29. The van der Waals surface area contributed by atoms with E-state index in [1.54, 1.807) is 0 Å². The van der Waals surface area contributed by atoms with E-state index in [0.29, 0.717) is 11.2 Å². The minimum Gasteiger partial charge on any atom is -0.375 e. The molecule has 0 aliphatic carbocycles. The van der Waals surface area contributed by atoms with Crippen LogP contribution in [0, 0.1) is 0 Å². The van der Waals surface area contributed by atoms with Crippen LogP contribution in [0.2, 0.25) is 0 Å². The average molecular weight is 168 g/mol. The normalized spacial score (nSPS) is 10.5. The van der Waals surface area contributed by atoms with Crippen molar-refractivity contribution in [3.8, 4) is 0 Å². The third kappa shape index (κ3) is 0.874. The molecule has 0 unspecified atom stereocenters. The predicted molar refractivity (Wildman–Crippen MR) is 42.4 cm³/mol. The van der Waals surface area contributed by atoms with Crippen molar-refractivity contribution in [1.82, 2.24) is 15.0 Å². The Bertz CT molecular complexity index is 445. The van der Waals surface area contributed by atoms with E-state index >= 15 is 0 Å². The van der Waals surface area contributed by atoms with E-state index in [9.17, 15) is 4.79 Å². The highest BCUT2D eigenvalue weighted by Crippen LogP contribution is 2.06. The van der Waals surface area contributed by atoms with E-state index in [1.165, 1.54) is 6.33 Å². The summed E-state index contributed by atoms with van der Waals surface area (Å²) in [6.45, 7) is 0. The molecule has 56 valence electrons. The number of nitrogens with one attached hydrogen (secondary N) is 1. The van der Waals surface area contributed by atoms with Gasteiger partial charge in [-0.15, -0.1) is 0 Å². The SMILES string of the molecule is Nc1nc2nc[nH]c2c(=O)s1. The average Bonchev–Trinajstić information content (AvgIpc) is 2.34. The van der Waals surface area contributed by atoms with Crippen molar-refractivity contribution in [3.05, 3.63) is 15.9 Å². The van der Waals surface area contributed by atoms with Crippen molar-refractivity contribution in [2.75, 3.05) is 5.73 Å². The summed E-state index contributed by atoms with van der Waals surface area (Å²) in [5.41, 5.74) is 6.14. The second-order valence-electron chi connectivity index (χ2n) is 1.94. The topological polar surface area (TPSA) is 84.7 Å². The number of fused-ring (bicyclic) bond motifs is 1. The molecule has 0 amide bonds. The summed E-state index contributed by atoms with van der Waals surface area (Å²) in [7, 11) is 0. The molecule has 5 nitrogen and oxygen atoms in total. The first-order valence-corrected chi connectivity index (χ1v) is 3.69. The third-order valence-corrected chi connectivity index (χ3v) is 1.93. The van der Waals surface area contributed by atoms with Crippen LogP contribution in [0.15, 0.2) is 11.1 Å². The molecular formula is C5H4N4OS. The standard InChI is InChI=1S/C5H4N4OS/c6-5-9-3-2(4(10)11-5)7-1-8-3/h1H,(H2,6,9)(H,7,8). The Morgan fingerprint density at radius 2 is 2.45 bits per heavy atom. The van der Waals surface area contributed by atoms with Crippen LogP contribution < -0.4 is 10.5 Å². The number of H-pyrrole nitrogens is 1. The number of nitrogens with zero attached hydrogens (tertiary/aromatic N) is 2. The summed E-state index contributed by atoms with van der Waals surface area (Å²) in [6.07, 6.45) is 1.42. The van der Waals surface area contributed by atoms with Gasteiger partial charge in [-0.1, -0.05) is 11.3 Å². The molecule has 0 radical (unpaired) electrons. The molecule has 0 atom stereocenters. The lowest BCUT2D eigenvalue weighted by Gasteiger charge is -1.86. The minimum absolute atomic E-state index is 0.134. The molecular weight excluding hydrogens is 164 g/mol. The molecule has 11 heavy (non-hydrogen) atoms. The van der Waals surface area contributed by atoms with Gasteiger partial charge in [0.2, 0.25) is 0 Å². The number of hydrogen-bond donors (Lipinski definition) is 2. The third-order valence-electron chi connectivity index (χ3n) is 1.24. The van der Waals surface area contributed by atoms with Gasteiger partial charge in [0, 0.05) is 0 Å². The highest BCUT2D eigenvalue weighted by Gasteiger charge is 2.02. The molecule has 2 heterocycles. The maximum absolute atomic E-state index is 11.1. The minimum atomic E-state index is -0.134. The van der Waals surface area contributed by atoms with Gasteiger partial charge in [-0.25, -0.2) is 4.98 Å². The van der Waals surface area contributed by atoms with Gasteiger partial charge in [0.05, 0.1) is 6.33 Å². The zero-order chi connectivity index (χ0) is 7.84. The molecule has 0 saturated heterocycles. The fraction of sp³-hybridized carbons (Fsp3) is 0.